The number of carbonyl (C=O) groups is 2. The first-order chi connectivity index (χ1) is 17.6. The molecule has 2 aromatic carbocycles. The summed E-state index contributed by atoms with van der Waals surface area (Å²) in [5.41, 5.74) is 2.23. The van der Waals surface area contributed by atoms with Gasteiger partial charge in [0.25, 0.3) is 0 Å². The van der Waals surface area contributed by atoms with E-state index < -0.39 is 5.97 Å². The molecule has 2 aromatic heterocycles. The van der Waals surface area contributed by atoms with Crippen molar-refractivity contribution in [1.29, 1.82) is 0 Å². The zero-order valence-corrected chi connectivity index (χ0v) is 19.6. The predicted molar refractivity (Wildman–Crippen MR) is 133 cm³/mol. The highest BCUT2D eigenvalue weighted by Gasteiger charge is 2.14. The molecule has 36 heavy (non-hydrogen) atoms. The lowest BCUT2D eigenvalue weighted by Gasteiger charge is -2.09. The summed E-state index contributed by atoms with van der Waals surface area (Å²) >= 11 is 0. The lowest BCUT2D eigenvalue weighted by molar-refractivity contribution is -0.111. The number of ether oxygens (including phenoxy) is 2. The Labute approximate surface area is 207 Å². The van der Waals surface area contributed by atoms with E-state index in [2.05, 4.69) is 20.4 Å². The Balaban J connectivity index is 1.27. The number of rotatable bonds is 10. The van der Waals surface area contributed by atoms with Crippen LogP contribution in [-0.2, 0) is 16.0 Å². The monoisotopic (exact) mass is 484 g/mol. The van der Waals surface area contributed by atoms with Crippen LogP contribution in [0.5, 0.6) is 5.75 Å². The zero-order valence-electron chi connectivity index (χ0n) is 19.6. The predicted octanol–water partition coefficient (Wildman–Crippen LogP) is 4.58. The summed E-state index contributed by atoms with van der Waals surface area (Å²) in [5, 5.41) is 6.67. The second-order valence-electron chi connectivity index (χ2n) is 7.63. The van der Waals surface area contributed by atoms with Crippen molar-refractivity contribution in [3.05, 3.63) is 96.2 Å². The van der Waals surface area contributed by atoms with Gasteiger partial charge in [-0.2, -0.15) is 4.98 Å². The molecular weight excluding hydrogens is 460 g/mol. The van der Waals surface area contributed by atoms with Crippen LogP contribution in [0.3, 0.4) is 0 Å². The zero-order chi connectivity index (χ0) is 25.2. The molecule has 0 bridgehead atoms. The van der Waals surface area contributed by atoms with Crippen LogP contribution in [0.15, 0.2) is 83.7 Å². The lowest BCUT2D eigenvalue weighted by Crippen LogP contribution is -2.14. The highest BCUT2D eigenvalue weighted by molar-refractivity contribution is 6.06. The third-order valence-electron chi connectivity index (χ3n) is 5.10. The Morgan fingerprint density at radius 2 is 1.89 bits per heavy atom. The minimum atomic E-state index is -0.536. The third kappa shape index (κ3) is 6.63. The van der Waals surface area contributed by atoms with Crippen LogP contribution in [0, 0.1) is 0 Å². The minimum Gasteiger partial charge on any atom is -0.497 e. The number of aryl methyl sites for hydroxylation is 1. The molecule has 2 heterocycles. The highest BCUT2D eigenvalue weighted by Crippen LogP contribution is 2.18. The first kappa shape index (κ1) is 24.3. The fourth-order valence-corrected chi connectivity index (χ4v) is 3.27. The Morgan fingerprint density at radius 1 is 1.06 bits per heavy atom. The molecule has 1 amide bonds. The summed E-state index contributed by atoms with van der Waals surface area (Å²) in [7, 11) is 1.59. The second kappa shape index (κ2) is 12.1. The number of para-hydroxylation sites is 1. The number of hydrogen-bond acceptors (Lipinski definition) is 8. The van der Waals surface area contributed by atoms with Crippen molar-refractivity contribution in [3.63, 3.8) is 0 Å². The topological polar surface area (TPSA) is 116 Å². The van der Waals surface area contributed by atoms with Gasteiger partial charge in [-0.25, -0.2) is 4.79 Å². The van der Waals surface area contributed by atoms with Crippen molar-refractivity contribution in [3.8, 4) is 17.1 Å². The molecule has 0 spiro atoms. The average Bonchev–Trinajstić information content (AvgIpc) is 3.40. The van der Waals surface area contributed by atoms with E-state index >= 15 is 0 Å². The standard InChI is InChI=1S/C27H24N4O5/c1-34-21-13-10-19(11-14-21)12-15-24(32)29-23-8-3-2-7-22(23)27(33)35-17-5-9-25-30-26(31-36-25)20-6-4-16-28-18-20/h2-4,6-8,10-16,18H,5,9,17H2,1H3,(H,29,32). The molecule has 182 valence electrons. The van der Waals surface area contributed by atoms with E-state index in [1.54, 1.807) is 68.0 Å². The molecule has 0 aliphatic carbocycles. The van der Waals surface area contributed by atoms with E-state index in [-0.39, 0.29) is 18.1 Å². The van der Waals surface area contributed by atoms with Crippen molar-refractivity contribution < 1.29 is 23.6 Å². The average molecular weight is 485 g/mol. The first-order valence-electron chi connectivity index (χ1n) is 11.2. The summed E-state index contributed by atoms with van der Waals surface area (Å²) in [6.07, 6.45) is 7.35. The molecule has 4 rings (SSSR count). The minimum absolute atomic E-state index is 0.156. The smallest absolute Gasteiger partial charge is 0.340 e. The van der Waals surface area contributed by atoms with Crippen LogP contribution in [0.1, 0.15) is 28.2 Å². The van der Waals surface area contributed by atoms with Crippen molar-refractivity contribution in [2.75, 3.05) is 19.0 Å². The summed E-state index contributed by atoms with van der Waals surface area (Å²) in [5.74, 6) is 0.733. The van der Waals surface area contributed by atoms with Gasteiger partial charge in [0.2, 0.25) is 17.6 Å². The fraction of sp³-hybridized carbons (Fsp3) is 0.148. The molecule has 0 fully saturated rings. The Kier molecular flexibility index (Phi) is 8.16. The highest BCUT2D eigenvalue weighted by atomic mass is 16.5. The van der Waals surface area contributed by atoms with Crippen molar-refractivity contribution in [2.45, 2.75) is 12.8 Å². The van der Waals surface area contributed by atoms with Crippen molar-refractivity contribution in [1.82, 2.24) is 15.1 Å². The number of hydrogen-bond donors (Lipinski definition) is 1. The van der Waals surface area contributed by atoms with Gasteiger partial charge in [0.1, 0.15) is 5.75 Å². The first-order valence-corrected chi connectivity index (χ1v) is 11.2. The maximum Gasteiger partial charge on any atom is 0.340 e. The van der Waals surface area contributed by atoms with Gasteiger partial charge in [0, 0.05) is 30.5 Å². The van der Waals surface area contributed by atoms with Crippen molar-refractivity contribution in [2.24, 2.45) is 0 Å². The molecule has 4 aromatic rings. The third-order valence-corrected chi connectivity index (χ3v) is 5.10. The molecule has 0 radical (unpaired) electrons. The van der Waals surface area contributed by atoms with E-state index in [4.69, 9.17) is 14.0 Å². The van der Waals surface area contributed by atoms with E-state index in [9.17, 15) is 9.59 Å². The molecule has 0 aliphatic rings. The normalized spacial score (nSPS) is 10.8. The molecule has 0 saturated carbocycles. The number of nitrogens with zero attached hydrogens (tertiary/aromatic N) is 3. The maximum atomic E-state index is 12.6. The summed E-state index contributed by atoms with van der Waals surface area (Å²) in [6.45, 7) is 0.156. The second-order valence-corrected chi connectivity index (χ2v) is 7.63. The van der Waals surface area contributed by atoms with Crippen LogP contribution in [-0.4, -0.2) is 40.7 Å². The molecule has 0 saturated heterocycles. The molecule has 1 N–H and O–H groups in total. The lowest BCUT2D eigenvalue weighted by atomic mass is 10.1. The molecular formula is C27H24N4O5. The van der Waals surface area contributed by atoms with Crippen molar-refractivity contribution >= 4 is 23.6 Å². The van der Waals surface area contributed by atoms with E-state index in [0.29, 0.717) is 30.2 Å². The number of aromatic nitrogens is 3. The number of amides is 1. The van der Waals surface area contributed by atoms with Gasteiger partial charge in [0.15, 0.2) is 0 Å². The number of anilines is 1. The fourth-order valence-electron chi connectivity index (χ4n) is 3.27. The number of methoxy groups -OCH3 is 1. The van der Waals surface area contributed by atoms with Crippen LogP contribution in [0.4, 0.5) is 5.69 Å². The largest absolute Gasteiger partial charge is 0.497 e. The van der Waals surface area contributed by atoms with Gasteiger partial charge in [-0.3, -0.25) is 9.78 Å². The Morgan fingerprint density at radius 3 is 2.67 bits per heavy atom. The van der Waals surface area contributed by atoms with Crippen LogP contribution < -0.4 is 10.1 Å². The van der Waals surface area contributed by atoms with Crippen LogP contribution in [0.25, 0.3) is 17.5 Å². The van der Waals surface area contributed by atoms with Gasteiger partial charge in [0.05, 0.1) is 25.0 Å². The number of carbonyl (C=O) groups excluding carboxylic acids is 2. The van der Waals surface area contributed by atoms with Gasteiger partial charge in [-0.15, -0.1) is 0 Å². The summed E-state index contributed by atoms with van der Waals surface area (Å²) in [4.78, 5) is 33.4. The molecule has 0 unspecified atom stereocenters. The number of esters is 1. The van der Waals surface area contributed by atoms with Gasteiger partial charge in [-0.1, -0.05) is 29.4 Å². The van der Waals surface area contributed by atoms with Crippen LogP contribution >= 0.6 is 0 Å². The molecule has 0 atom stereocenters. The number of nitrogens with one attached hydrogen (secondary N) is 1. The Hall–Kier alpha value is -4.79. The van der Waals surface area contributed by atoms with Crippen LogP contribution in [0.2, 0.25) is 0 Å². The molecule has 9 nitrogen and oxygen atoms in total. The Bertz CT molecular complexity index is 1330. The van der Waals surface area contributed by atoms with E-state index in [1.807, 2.05) is 18.2 Å². The van der Waals surface area contributed by atoms with Gasteiger partial charge >= 0.3 is 5.97 Å². The summed E-state index contributed by atoms with van der Waals surface area (Å²) < 4.78 is 15.8. The maximum absolute atomic E-state index is 12.6. The summed E-state index contributed by atoms with van der Waals surface area (Å²) in [6, 6.07) is 17.6. The quantitative estimate of drug-likeness (QED) is 0.197. The molecule has 9 heteroatoms. The molecule has 0 aliphatic heterocycles. The van der Waals surface area contributed by atoms with E-state index in [0.717, 1.165) is 16.9 Å². The SMILES string of the molecule is COc1ccc(C=CC(=O)Nc2ccccc2C(=O)OCCCc2nc(-c3cccnc3)no2)cc1. The number of pyridine rings is 1. The number of benzene rings is 2. The van der Waals surface area contributed by atoms with Gasteiger partial charge < -0.3 is 19.3 Å². The van der Waals surface area contributed by atoms with Gasteiger partial charge in [-0.05, 0) is 54.5 Å². The van der Waals surface area contributed by atoms with E-state index in [1.165, 1.54) is 6.08 Å².